The van der Waals surface area contributed by atoms with Crippen molar-refractivity contribution in [3.63, 3.8) is 0 Å². The Kier molecular flexibility index (Phi) is 4.61. The number of nitrogens with zero attached hydrogens (tertiary/aromatic N) is 2. The predicted octanol–water partition coefficient (Wildman–Crippen LogP) is 1.98. The number of amides is 1. The summed E-state index contributed by atoms with van der Waals surface area (Å²) in [5, 5.41) is 7.20. The van der Waals surface area contributed by atoms with E-state index < -0.39 is 0 Å². The lowest BCUT2D eigenvalue weighted by molar-refractivity contribution is 0.0928. The Morgan fingerprint density at radius 2 is 2.05 bits per heavy atom. The van der Waals surface area contributed by atoms with Crippen LogP contribution < -0.4 is 11.1 Å². The highest BCUT2D eigenvalue weighted by Crippen LogP contribution is 2.24. The van der Waals surface area contributed by atoms with Crippen LogP contribution in [0.25, 0.3) is 0 Å². The Morgan fingerprint density at radius 3 is 2.47 bits per heavy atom. The number of nitrogens with two attached hydrogens (primary N) is 1. The van der Waals surface area contributed by atoms with E-state index >= 15 is 0 Å². The summed E-state index contributed by atoms with van der Waals surface area (Å²) in [6, 6.07) is 0. The van der Waals surface area contributed by atoms with Crippen molar-refractivity contribution in [1.29, 1.82) is 0 Å². The molecule has 108 valence electrons. The lowest BCUT2D eigenvalue weighted by Gasteiger charge is -2.27. The molecule has 0 saturated carbocycles. The van der Waals surface area contributed by atoms with Crippen molar-refractivity contribution >= 4 is 11.6 Å². The van der Waals surface area contributed by atoms with E-state index in [9.17, 15) is 4.79 Å². The van der Waals surface area contributed by atoms with Gasteiger partial charge in [-0.3, -0.25) is 9.48 Å². The zero-order valence-corrected chi connectivity index (χ0v) is 12.9. The van der Waals surface area contributed by atoms with Gasteiger partial charge in [-0.15, -0.1) is 0 Å². The Balaban J connectivity index is 2.77. The third-order valence-electron chi connectivity index (χ3n) is 3.76. The van der Waals surface area contributed by atoms with Crippen LogP contribution in [-0.4, -0.2) is 22.2 Å². The number of nitrogens with one attached hydrogen (secondary N) is 1. The number of nitrogen functional groups attached to an aromatic ring is 1. The van der Waals surface area contributed by atoms with Gasteiger partial charge in [0, 0.05) is 13.6 Å². The van der Waals surface area contributed by atoms with Crippen molar-refractivity contribution in [2.24, 2.45) is 18.4 Å². The molecule has 0 bridgehead atoms. The lowest BCUT2D eigenvalue weighted by Crippen LogP contribution is -2.34. The van der Waals surface area contributed by atoms with Crippen molar-refractivity contribution in [2.75, 3.05) is 12.3 Å². The first kappa shape index (κ1) is 15.5. The number of aromatic nitrogens is 2. The van der Waals surface area contributed by atoms with Crippen LogP contribution in [0.4, 0.5) is 5.69 Å². The second kappa shape index (κ2) is 5.63. The van der Waals surface area contributed by atoms with Crippen molar-refractivity contribution in [3.8, 4) is 0 Å². The van der Waals surface area contributed by atoms with Crippen molar-refractivity contribution in [3.05, 3.63) is 11.4 Å². The molecule has 5 nitrogen and oxygen atoms in total. The molecule has 1 heterocycles. The van der Waals surface area contributed by atoms with Gasteiger partial charge in [-0.1, -0.05) is 34.6 Å². The fraction of sp³-hybridized carbons (Fsp3) is 0.714. The van der Waals surface area contributed by atoms with Crippen LogP contribution in [-0.2, 0) is 13.5 Å². The monoisotopic (exact) mass is 266 g/mol. The molecule has 0 radical (unpaired) electrons. The molecular formula is C14H26N4O. The molecule has 0 aromatic carbocycles. The van der Waals surface area contributed by atoms with Crippen LogP contribution in [0.1, 0.15) is 50.8 Å². The Morgan fingerprint density at radius 1 is 1.47 bits per heavy atom. The first-order valence-corrected chi connectivity index (χ1v) is 6.78. The quantitative estimate of drug-likeness (QED) is 0.875. The van der Waals surface area contributed by atoms with E-state index in [0.29, 0.717) is 23.8 Å². The molecule has 1 amide bonds. The molecule has 0 spiro atoms. The second-order valence-corrected chi connectivity index (χ2v) is 6.16. The molecule has 1 rings (SSSR count). The highest BCUT2D eigenvalue weighted by molar-refractivity contribution is 5.97. The highest BCUT2D eigenvalue weighted by Gasteiger charge is 2.23. The number of aryl methyl sites for hydroxylation is 2. The third-order valence-corrected chi connectivity index (χ3v) is 3.76. The van der Waals surface area contributed by atoms with Gasteiger partial charge in [-0.25, -0.2) is 0 Å². The largest absolute Gasteiger partial charge is 0.395 e. The van der Waals surface area contributed by atoms with Crippen LogP contribution in [0, 0.1) is 11.3 Å². The number of hydrogen-bond acceptors (Lipinski definition) is 3. The number of hydrogen-bond donors (Lipinski definition) is 2. The maximum Gasteiger partial charge on any atom is 0.271 e. The van der Waals surface area contributed by atoms with Crippen molar-refractivity contribution < 1.29 is 4.79 Å². The first-order chi connectivity index (χ1) is 8.68. The summed E-state index contributed by atoms with van der Waals surface area (Å²) >= 11 is 0. The molecule has 1 aromatic heterocycles. The van der Waals surface area contributed by atoms with E-state index in [4.69, 9.17) is 5.73 Å². The number of carbonyl (C=O) groups is 1. The summed E-state index contributed by atoms with van der Waals surface area (Å²) in [6.07, 6.45) is 0.728. The van der Waals surface area contributed by atoms with Crippen molar-refractivity contribution in [1.82, 2.24) is 15.1 Å². The summed E-state index contributed by atoms with van der Waals surface area (Å²) in [4.78, 5) is 12.2. The average molecular weight is 266 g/mol. The van der Waals surface area contributed by atoms with Gasteiger partial charge in [0.05, 0.1) is 11.4 Å². The van der Waals surface area contributed by atoms with E-state index in [0.717, 1.165) is 12.1 Å². The minimum Gasteiger partial charge on any atom is -0.395 e. The molecule has 0 aliphatic rings. The summed E-state index contributed by atoms with van der Waals surface area (Å²) in [5.41, 5.74) is 7.85. The van der Waals surface area contributed by atoms with Gasteiger partial charge in [-0.2, -0.15) is 5.10 Å². The predicted molar refractivity (Wildman–Crippen MR) is 78.0 cm³/mol. The van der Waals surface area contributed by atoms with E-state index in [1.807, 2.05) is 6.92 Å². The molecule has 1 unspecified atom stereocenters. The number of rotatable bonds is 4. The van der Waals surface area contributed by atoms with Gasteiger partial charge in [-0.05, 0) is 17.8 Å². The standard InChI is InChI=1S/C14H26N4O/c1-7-10-11(15)12(18(6)17-10)13(19)16-8-9(2)14(3,4)5/h9H,7-8,15H2,1-6H3,(H,16,19). The normalized spacial score (nSPS) is 13.4. The molecule has 19 heavy (non-hydrogen) atoms. The smallest absolute Gasteiger partial charge is 0.271 e. The lowest BCUT2D eigenvalue weighted by atomic mass is 9.82. The second-order valence-electron chi connectivity index (χ2n) is 6.16. The molecule has 0 aliphatic carbocycles. The summed E-state index contributed by atoms with van der Waals surface area (Å²) in [6.45, 7) is 11.2. The van der Waals surface area contributed by atoms with Gasteiger partial charge in [0.1, 0.15) is 5.69 Å². The zero-order chi connectivity index (χ0) is 14.8. The minimum absolute atomic E-state index is 0.150. The molecule has 0 saturated heterocycles. The third kappa shape index (κ3) is 3.49. The van der Waals surface area contributed by atoms with Crippen molar-refractivity contribution in [2.45, 2.75) is 41.0 Å². The van der Waals surface area contributed by atoms with Crippen LogP contribution >= 0.6 is 0 Å². The fourth-order valence-electron chi connectivity index (χ4n) is 1.76. The SMILES string of the molecule is CCc1nn(C)c(C(=O)NCC(C)C(C)(C)C)c1N. The van der Waals surface area contributed by atoms with Gasteiger partial charge >= 0.3 is 0 Å². The minimum atomic E-state index is -0.150. The summed E-state index contributed by atoms with van der Waals surface area (Å²) in [5.74, 6) is 0.236. The molecular weight excluding hydrogens is 240 g/mol. The average Bonchev–Trinajstić information content (AvgIpc) is 2.59. The molecule has 3 N–H and O–H groups in total. The van der Waals surface area contributed by atoms with Gasteiger partial charge in [0.2, 0.25) is 0 Å². The number of anilines is 1. The van der Waals surface area contributed by atoms with Crippen LogP contribution in [0.2, 0.25) is 0 Å². The fourth-order valence-corrected chi connectivity index (χ4v) is 1.76. The van der Waals surface area contributed by atoms with E-state index in [-0.39, 0.29) is 11.3 Å². The first-order valence-electron chi connectivity index (χ1n) is 6.78. The Bertz CT molecular complexity index is 457. The topological polar surface area (TPSA) is 72.9 Å². The van der Waals surface area contributed by atoms with Crippen LogP contribution in [0.15, 0.2) is 0 Å². The molecule has 1 atom stereocenters. The summed E-state index contributed by atoms with van der Waals surface area (Å²) in [7, 11) is 1.75. The van der Waals surface area contributed by atoms with Crippen LogP contribution in [0.3, 0.4) is 0 Å². The molecule has 1 aromatic rings. The summed E-state index contributed by atoms with van der Waals surface area (Å²) < 4.78 is 1.56. The molecule has 0 fully saturated rings. The maximum absolute atomic E-state index is 12.2. The van der Waals surface area contributed by atoms with E-state index in [1.54, 1.807) is 11.7 Å². The highest BCUT2D eigenvalue weighted by atomic mass is 16.2. The van der Waals surface area contributed by atoms with Gasteiger partial charge < -0.3 is 11.1 Å². The molecule has 0 aliphatic heterocycles. The Labute approximate surface area is 115 Å². The molecule has 5 heteroatoms. The van der Waals surface area contributed by atoms with Crippen LogP contribution in [0.5, 0.6) is 0 Å². The number of carbonyl (C=O) groups excluding carboxylic acids is 1. The van der Waals surface area contributed by atoms with Gasteiger partial charge in [0.15, 0.2) is 0 Å². The van der Waals surface area contributed by atoms with Gasteiger partial charge in [0.25, 0.3) is 5.91 Å². The van der Waals surface area contributed by atoms with E-state index in [1.165, 1.54) is 0 Å². The Hall–Kier alpha value is -1.52. The maximum atomic E-state index is 12.2. The van der Waals surface area contributed by atoms with E-state index in [2.05, 4.69) is 38.1 Å². The zero-order valence-electron chi connectivity index (χ0n) is 12.9.